The predicted molar refractivity (Wildman–Crippen MR) is 103 cm³/mol. The van der Waals surface area contributed by atoms with Crippen LogP contribution < -0.4 is 25.6 Å². The van der Waals surface area contributed by atoms with Crippen LogP contribution >= 0.6 is 0 Å². The first-order valence-electron chi connectivity index (χ1n) is 8.88. The van der Waals surface area contributed by atoms with Crippen LogP contribution in [0, 0.1) is 5.82 Å². The van der Waals surface area contributed by atoms with Gasteiger partial charge in [0.1, 0.15) is 5.82 Å². The third-order valence-corrected chi connectivity index (χ3v) is 3.72. The minimum atomic E-state index is -0.635. The Kier molecular flexibility index (Phi) is 7.96. The van der Waals surface area contributed by atoms with Gasteiger partial charge in [-0.05, 0) is 48.9 Å². The fourth-order valence-electron chi connectivity index (χ4n) is 2.25. The Morgan fingerprint density at radius 3 is 2.28 bits per heavy atom. The Morgan fingerprint density at radius 1 is 0.931 bits per heavy atom. The molecule has 0 fully saturated rings. The molecule has 3 amide bonds. The number of ether oxygens (including phenoxy) is 2. The number of carbonyl (C=O) groups excluding carboxylic acids is 3. The van der Waals surface area contributed by atoms with Crippen LogP contribution in [0.4, 0.5) is 4.39 Å². The molecule has 9 heteroatoms. The average molecular weight is 403 g/mol. The summed E-state index contributed by atoms with van der Waals surface area (Å²) in [7, 11) is 1.46. The van der Waals surface area contributed by atoms with Crippen molar-refractivity contribution in [3.05, 3.63) is 59.4 Å². The summed E-state index contributed by atoms with van der Waals surface area (Å²) >= 11 is 0. The maximum absolute atomic E-state index is 12.9. The number of nitrogens with one attached hydrogen (secondary N) is 3. The highest BCUT2D eigenvalue weighted by Gasteiger charge is 2.13. The summed E-state index contributed by atoms with van der Waals surface area (Å²) in [6, 6.07) is 9.50. The zero-order valence-corrected chi connectivity index (χ0v) is 16.1. The van der Waals surface area contributed by atoms with Gasteiger partial charge in [-0.3, -0.25) is 25.2 Å². The number of methoxy groups -OCH3 is 1. The van der Waals surface area contributed by atoms with E-state index >= 15 is 0 Å². The Bertz CT molecular complexity index is 871. The second-order valence-corrected chi connectivity index (χ2v) is 5.91. The van der Waals surface area contributed by atoms with E-state index in [1.807, 2.05) is 6.92 Å². The third-order valence-electron chi connectivity index (χ3n) is 3.72. The molecular weight excluding hydrogens is 381 g/mol. The van der Waals surface area contributed by atoms with Crippen molar-refractivity contribution in [3.8, 4) is 11.5 Å². The molecule has 3 N–H and O–H groups in total. The highest BCUT2D eigenvalue weighted by atomic mass is 19.1. The predicted octanol–water partition coefficient (Wildman–Crippen LogP) is 1.81. The fraction of sp³-hybridized carbons (Fsp3) is 0.250. The molecule has 0 bridgehead atoms. The summed E-state index contributed by atoms with van der Waals surface area (Å²) in [5.41, 5.74) is 4.91. The second kappa shape index (κ2) is 10.6. The number of amides is 3. The molecule has 0 aliphatic rings. The minimum absolute atomic E-state index is 0.209. The van der Waals surface area contributed by atoms with Gasteiger partial charge in [0.05, 0.1) is 20.3 Å². The lowest BCUT2D eigenvalue weighted by molar-refractivity contribution is -0.120. The van der Waals surface area contributed by atoms with E-state index in [2.05, 4.69) is 16.2 Å². The molecule has 0 spiro atoms. The topological polar surface area (TPSA) is 106 Å². The van der Waals surface area contributed by atoms with Crippen molar-refractivity contribution < 1.29 is 28.2 Å². The van der Waals surface area contributed by atoms with E-state index in [9.17, 15) is 18.8 Å². The van der Waals surface area contributed by atoms with E-state index in [1.165, 1.54) is 31.4 Å². The molecule has 0 aliphatic heterocycles. The van der Waals surface area contributed by atoms with Gasteiger partial charge in [0, 0.05) is 11.1 Å². The van der Waals surface area contributed by atoms with Gasteiger partial charge in [-0.25, -0.2) is 4.39 Å². The van der Waals surface area contributed by atoms with E-state index in [4.69, 9.17) is 9.47 Å². The molecule has 2 rings (SSSR count). The standard InChI is InChI=1S/C20H22FN3O5/c1-3-10-29-16-9-6-14(11-17(16)28-2)20(27)24-23-18(25)12-22-19(26)13-4-7-15(21)8-5-13/h4-9,11H,3,10,12H2,1-2H3,(H,22,26)(H,23,25)(H,24,27). The van der Waals surface area contributed by atoms with E-state index in [0.29, 0.717) is 18.1 Å². The Hall–Kier alpha value is -3.62. The molecule has 0 saturated heterocycles. The number of benzene rings is 2. The lowest BCUT2D eigenvalue weighted by Crippen LogP contribution is -2.46. The summed E-state index contributed by atoms with van der Waals surface area (Å²) in [6.45, 7) is 2.12. The molecule has 0 aromatic heterocycles. The molecule has 0 unspecified atom stereocenters. The first-order chi connectivity index (χ1) is 13.9. The number of hydrazine groups is 1. The largest absolute Gasteiger partial charge is 0.493 e. The van der Waals surface area contributed by atoms with Gasteiger partial charge in [-0.1, -0.05) is 6.92 Å². The Balaban J connectivity index is 1.84. The zero-order valence-electron chi connectivity index (χ0n) is 16.1. The van der Waals surface area contributed by atoms with Gasteiger partial charge in [0.25, 0.3) is 17.7 Å². The van der Waals surface area contributed by atoms with E-state index in [1.54, 1.807) is 6.07 Å². The van der Waals surface area contributed by atoms with Gasteiger partial charge >= 0.3 is 0 Å². The highest BCUT2D eigenvalue weighted by molar-refractivity contribution is 5.98. The van der Waals surface area contributed by atoms with Gasteiger partial charge in [0.2, 0.25) is 0 Å². The molecule has 8 nitrogen and oxygen atoms in total. The van der Waals surface area contributed by atoms with Crippen molar-refractivity contribution >= 4 is 17.7 Å². The van der Waals surface area contributed by atoms with Crippen LogP contribution in [0.1, 0.15) is 34.1 Å². The van der Waals surface area contributed by atoms with Crippen LogP contribution in [0.2, 0.25) is 0 Å². The van der Waals surface area contributed by atoms with Crippen molar-refractivity contribution in [1.82, 2.24) is 16.2 Å². The lowest BCUT2D eigenvalue weighted by Gasteiger charge is -2.12. The van der Waals surface area contributed by atoms with Crippen molar-refractivity contribution in [2.45, 2.75) is 13.3 Å². The number of hydrogen-bond donors (Lipinski definition) is 3. The van der Waals surface area contributed by atoms with E-state index in [0.717, 1.165) is 18.6 Å². The van der Waals surface area contributed by atoms with E-state index < -0.39 is 23.5 Å². The maximum Gasteiger partial charge on any atom is 0.269 e. The Labute approximate surface area is 167 Å². The minimum Gasteiger partial charge on any atom is -0.493 e. The number of hydrogen-bond acceptors (Lipinski definition) is 5. The lowest BCUT2D eigenvalue weighted by atomic mass is 10.2. The number of carbonyl (C=O) groups is 3. The molecule has 154 valence electrons. The quantitative estimate of drug-likeness (QED) is 0.583. The normalized spacial score (nSPS) is 10.0. The van der Waals surface area contributed by atoms with Gasteiger partial charge in [-0.15, -0.1) is 0 Å². The SMILES string of the molecule is CCCOc1ccc(C(=O)NNC(=O)CNC(=O)c2ccc(F)cc2)cc1OC. The van der Waals surface area contributed by atoms with Gasteiger partial charge < -0.3 is 14.8 Å². The highest BCUT2D eigenvalue weighted by Crippen LogP contribution is 2.28. The van der Waals surface area contributed by atoms with Crippen LogP contribution in [0.25, 0.3) is 0 Å². The molecule has 0 aliphatic carbocycles. The first-order valence-corrected chi connectivity index (χ1v) is 8.88. The van der Waals surface area contributed by atoms with E-state index in [-0.39, 0.29) is 17.7 Å². The van der Waals surface area contributed by atoms with Gasteiger partial charge in [-0.2, -0.15) is 0 Å². The summed E-state index contributed by atoms with van der Waals surface area (Å²) < 4.78 is 23.6. The summed E-state index contributed by atoms with van der Waals surface area (Å²) in [4.78, 5) is 35.9. The number of rotatable bonds is 8. The van der Waals surface area contributed by atoms with Crippen molar-refractivity contribution in [2.24, 2.45) is 0 Å². The molecule has 0 heterocycles. The number of halogens is 1. The van der Waals surface area contributed by atoms with Crippen molar-refractivity contribution in [1.29, 1.82) is 0 Å². The van der Waals surface area contributed by atoms with Crippen LogP contribution in [-0.2, 0) is 4.79 Å². The smallest absolute Gasteiger partial charge is 0.269 e. The molecule has 2 aromatic carbocycles. The third kappa shape index (κ3) is 6.49. The van der Waals surface area contributed by atoms with Crippen LogP contribution in [0.3, 0.4) is 0 Å². The molecule has 0 radical (unpaired) electrons. The molecule has 2 aromatic rings. The average Bonchev–Trinajstić information content (AvgIpc) is 2.74. The first kappa shape index (κ1) is 21.7. The molecule has 29 heavy (non-hydrogen) atoms. The van der Waals surface area contributed by atoms with Crippen LogP contribution in [0.15, 0.2) is 42.5 Å². The van der Waals surface area contributed by atoms with Gasteiger partial charge in [0.15, 0.2) is 11.5 Å². The molecule has 0 saturated carbocycles. The van der Waals surface area contributed by atoms with Crippen LogP contribution in [-0.4, -0.2) is 38.0 Å². The monoisotopic (exact) mass is 403 g/mol. The summed E-state index contributed by atoms with van der Waals surface area (Å²) in [6.07, 6.45) is 0.828. The van der Waals surface area contributed by atoms with Crippen molar-refractivity contribution in [3.63, 3.8) is 0 Å². The van der Waals surface area contributed by atoms with Crippen molar-refractivity contribution in [2.75, 3.05) is 20.3 Å². The summed E-state index contributed by atoms with van der Waals surface area (Å²) in [5.74, 6) is -1.31. The molecule has 0 atom stereocenters. The Morgan fingerprint density at radius 2 is 1.62 bits per heavy atom. The second-order valence-electron chi connectivity index (χ2n) is 5.91. The maximum atomic E-state index is 12.9. The fourth-order valence-corrected chi connectivity index (χ4v) is 2.25. The van der Waals surface area contributed by atoms with Crippen LogP contribution in [0.5, 0.6) is 11.5 Å². The summed E-state index contributed by atoms with van der Waals surface area (Å²) in [5, 5.41) is 2.37. The molecular formula is C20H22FN3O5. The zero-order chi connectivity index (χ0) is 21.2.